The van der Waals surface area contributed by atoms with E-state index in [0.29, 0.717) is 6.61 Å². The first-order valence-corrected chi connectivity index (χ1v) is 7.75. The van der Waals surface area contributed by atoms with Crippen molar-refractivity contribution in [3.63, 3.8) is 0 Å². The van der Waals surface area contributed by atoms with Crippen molar-refractivity contribution in [2.24, 2.45) is 0 Å². The number of aliphatic hydroxyl groups is 1. The molecule has 0 saturated carbocycles. The molecule has 1 aliphatic heterocycles. The minimum absolute atomic E-state index is 0.0508. The van der Waals surface area contributed by atoms with Gasteiger partial charge in [-0.15, -0.1) is 11.8 Å². The molecule has 106 valence electrons. The Kier molecular flexibility index (Phi) is 5.51. The number of benzene rings is 1. The van der Waals surface area contributed by atoms with Crippen LogP contribution in [0.25, 0.3) is 0 Å². The molecular weight excluding hydrogens is 262 g/mol. The lowest BCUT2D eigenvalue weighted by atomic mass is 10.1. The first kappa shape index (κ1) is 14.7. The summed E-state index contributed by atoms with van der Waals surface area (Å²) < 4.78 is 11.6. The van der Waals surface area contributed by atoms with E-state index in [1.807, 2.05) is 30.5 Å². The summed E-state index contributed by atoms with van der Waals surface area (Å²) in [6.45, 7) is 0.601. The predicted molar refractivity (Wildman–Crippen MR) is 77.9 cm³/mol. The Hall–Kier alpha value is -0.750. The zero-order valence-electron chi connectivity index (χ0n) is 11.1. The Morgan fingerprint density at radius 3 is 3.00 bits per heavy atom. The zero-order valence-corrected chi connectivity index (χ0v) is 11.9. The normalized spacial score (nSPS) is 27.4. The van der Waals surface area contributed by atoms with Crippen LogP contribution in [0.4, 0.5) is 5.69 Å². The molecule has 3 unspecified atom stereocenters. The van der Waals surface area contributed by atoms with Crippen molar-refractivity contribution in [2.45, 2.75) is 37.1 Å². The fraction of sp³-hybridized carbons (Fsp3) is 0.571. The van der Waals surface area contributed by atoms with Gasteiger partial charge in [0.05, 0.1) is 25.4 Å². The van der Waals surface area contributed by atoms with E-state index in [1.54, 1.807) is 11.8 Å². The molecule has 1 aromatic rings. The molecule has 0 amide bonds. The molecule has 1 saturated heterocycles. The lowest BCUT2D eigenvalue weighted by Crippen LogP contribution is -2.37. The summed E-state index contributed by atoms with van der Waals surface area (Å²) >= 11 is 1.66. The Balaban J connectivity index is 1.87. The van der Waals surface area contributed by atoms with E-state index in [1.165, 1.54) is 0 Å². The minimum Gasteiger partial charge on any atom is -0.399 e. The van der Waals surface area contributed by atoms with Crippen molar-refractivity contribution in [2.75, 3.05) is 18.6 Å². The average molecular weight is 283 g/mol. The highest BCUT2D eigenvalue weighted by atomic mass is 32.2. The number of anilines is 1. The molecule has 19 heavy (non-hydrogen) atoms. The van der Waals surface area contributed by atoms with E-state index >= 15 is 0 Å². The van der Waals surface area contributed by atoms with Crippen LogP contribution in [0.1, 0.15) is 18.4 Å². The van der Waals surface area contributed by atoms with Gasteiger partial charge in [0.1, 0.15) is 5.44 Å². The monoisotopic (exact) mass is 283 g/mol. The quantitative estimate of drug-likeness (QED) is 0.809. The summed E-state index contributed by atoms with van der Waals surface area (Å²) in [6.07, 6.45) is 3.64. The number of hydrogen-bond donors (Lipinski definition) is 2. The molecule has 1 heterocycles. The zero-order chi connectivity index (χ0) is 13.7. The Morgan fingerprint density at radius 1 is 1.47 bits per heavy atom. The average Bonchev–Trinajstić information content (AvgIpc) is 2.44. The summed E-state index contributed by atoms with van der Waals surface area (Å²) in [4.78, 5) is 0. The molecule has 1 fully saturated rings. The van der Waals surface area contributed by atoms with Crippen LogP contribution in [-0.4, -0.2) is 35.6 Å². The van der Waals surface area contributed by atoms with Crippen LogP contribution in [0.3, 0.4) is 0 Å². The number of rotatable bonds is 5. The van der Waals surface area contributed by atoms with Crippen LogP contribution in [0, 0.1) is 0 Å². The first-order chi connectivity index (χ1) is 9.21. The molecule has 0 aliphatic carbocycles. The highest BCUT2D eigenvalue weighted by Crippen LogP contribution is 2.28. The van der Waals surface area contributed by atoms with E-state index < -0.39 is 0 Å². The number of ether oxygens (including phenoxy) is 2. The van der Waals surface area contributed by atoms with Crippen LogP contribution >= 0.6 is 11.8 Å². The van der Waals surface area contributed by atoms with Gasteiger partial charge in [-0.25, -0.2) is 0 Å². The SMILES string of the molecule is CSC1CC(OCc2cccc(N)c2)CC(CO)O1. The predicted octanol–water partition coefficient (Wildman–Crippen LogP) is 2.01. The van der Waals surface area contributed by atoms with Crippen LogP contribution in [-0.2, 0) is 16.1 Å². The third-order valence-electron chi connectivity index (χ3n) is 3.23. The third-order valence-corrected chi connectivity index (χ3v) is 4.06. The maximum atomic E-state index is 9.24. The van der Waals surface area contributed by atoms with Crippen LogP contribution in [0.15, 0.2) is 24.3 Å². The van der Waals surface area contributed by atoms with Gasteiger partial charge in [-0.1, -0.05) is 12.1 Å². The van der Waals surface area contributed by atoms with Crippen molar-refractivity contribution in [1.29, 1.82) is 0 Å². The van der Waals surface area contributed by atoms with Gasteiger partial charge in [0.25, 0.3) is 0 Å². The van der Waals surface area contributed by atoms with Crippen molar-refractivity contribution in [1.82, 2.24) is 0 Å². The van der Waals surface area contributed by atoms with Gasteiger partial charge in [-0.3, -0.25) is 0 Å². The lowest BCUT2D eigenvalue weighted by Gasteiger charge is -2.33. The fourth-order valence-electron chi connectivity index (χ4n) is 2.23. The van der Waals surface area contributed by atoms with E-state index in [9.17, 15) is 5.11 Å². The molecule has 0 spiro atoms. The van der Waals surface area contributed by atoms with Crippen molar-refractivity contribution < 1.29 is 14.6 Å². The molecule has 4 nitrogen and oxygen atoms in total. The first-order valence-electron chi connectivity index (χ1n) is 6.46. The molecular formula is C14H21NO3S. The summed E-state index contributed by atoms with van der Waals surface area (Å²) in [5.41, 5.74) is 7.68. The third kappa shape index (κ3) is 4.38. The maximum absolute atomic E-state index is 9.24. The largest absolute Gasteiger partial charge is 0.399 e. The second kappa shape index (κ2) is 7.14. The topological polar surface area (TPSA) is 64.7 Å². The van der Waals surface area contributed by atoms with Gasteiger partial charge >= 0.3 is 0 Å². The van der Waals surface area contributed by atoms with E-state index in [2.05, 4.69) is 0 Å². The molecule has 3 N–H and O–H groups in total. The number of thioether (sulfide) groups is 1. The Morgan fingerprint density at radius 2 is 2.32 bits per heavy atom. The van der Waals surface area contributed by atoms with Gasteiger partial charge in [0, 0.05) is 18.5 Å². The molecule has 0 radical (unpaired) electrons. The lowest BCUT2D eigenvalue weighted by molar-refractivity contribution is -0.103. The van der Waals surface area contributed by atoms with Crippen molar-refractivity contribution in [3.05, 3.63) is 29.8 Å². The molecule has 3 atom stereocenters. The highest BCUT2D eigenvalue weighted by Gasteiger charge is 2.29. The van der Waals surface area contributed by atoms with Gasteiger partial charge in [-0.2, -0.15) is 0 Å². The van der Waals surface area contributed by atoms with E-state index in [4.69, 9.17) is 15.2 Å². The van der Waals surface area contributed by atoms with Gasteiger partial charge in [-0.05, 0) is 24.0 Å². The second-order valence-electron chi connectivity index (χ2n) is 4.76. The van der Waals surface area contributed by atoms with Crippen molar-refractivity contribution >= 4 is 17.4 Å². The standard InChI is InChI=1S/C14H21NO3S/c1-19-14-7-12(6-13(8-16)18-14)17-9-10-3-2-4-11(15)5-10/h2-5,12-14,16H,6-9,15H2,1H3. The number of aliphatic hydroxyl groups excluding tert-OH is 1. The summed E-state index contributed by atoms with van der Waals surface area (Å²) in [7, 11) is 0. The number of hydrogen-bond acceptors (Lipinski definition) is 5. The van der Waals surface area contributed by atoms with Crippen LogP contribution < -0.4 is 5.73 Å². The van der Waals surface area contributed by atoms with Crippen LogP contribution in [0.2, 0.25) is 0 Å². The highest BCUT2D eigenvalue weighted by molar-refractivity contribution is 7.99. The molecule has 5 heteroatoms. The molecule has 0 bridgehead atoms. The van der Waals surface area contributed by atoms with E-state index in [-0.39, 0.29) is 24.3 Å². The molecule has 1 aromatic carbocycles. The molecule has 2 rings (SSSR count). The second-order valence-corrected chi connectivity index (χ2v) is 5.75. The van der Waals surface area contributed by atoms with Crippen LogP contribution in [0.5, 0.6) is 0 Å². The van der Waals surface area contributed by atoms with Gasteiger partial charge in [0.15, 0.2) is 0 Å². The van der Waals surface area contributed by atoms with E-state index in [0.717, 1.165) is 24.1 Å². The molecule has 1 aliphatic rings. The Labute approximate surface area is 118 Å². The summed E-state index contributed by atoms with van der Waals surface area (Å²) in [6, 6.07) is 7.73. The number of nitrogens with two attached hydrogens (primary N) is 1. The number of nitrogen functional groups attached to an aromatic ring is 1. The van der Waals surface area contributed by atoms with Gasteiger partial charge < -0.3 is 20.3 Å². The summed E-state index contributed by atoms with van der Waals surface area (Å²) in [5, 5.41) is 9.24. The smallest absolute Gasteiger partial charge is 0.105 e. The molecule has 0 aromatic heterocycles. The van der Waals surface area contributed by atoms with Crippen molar-refractivity contribution in [3.8, 4) is 0 Å². The minimum atomic E-state index is -0.114. The fourth-order valence-corrected chi connectivity index (χ4v) is 2.91. The Bertz CT molecular complexity index is 390. The summed E-state index contributed by atoms with van der Waals surface area (Å²) in [5.74, 6) is 0. The maximum Gasteiger partial charge on any atom is 0.105 e. The van der Waals surface area contributed by atoms with Gasteiger partial charge in [0.2, 0.25) is 0 Å².